The first-order valence-electron chi connectivity index (χ1n) is 4.56. The van der Waals surface area contributed by atoms with Gasteiger partial charge in [0.25, 0.3) is 5.56 Å². The Hall–Kier alpha value is -1.85. The predicted molar refractivity (Wildman–Crippen MR) is 53.3 cm³/mol. The molecule has 0 aromatic carbocycles. The zero-order valence-electron chi connectivity index (χ0n) is 8.48. The summed E-state index contributed by atoms with van der Waals surface area (Å²) in [7, 11) is 0. The maximum atomic E-state index is 11.3. The number of aromatic amines is 1. The molecule has 82 valence electrons. The molecule has 15 heavy (non-hydrogen) atoms. The number of carbonyl (C=O) groups is 1. The Balaban J connectivity index is 3.43. The van der Waals surface area contributed by atoms with E-state index in [-0.39, 0.29) is 6.04 Å². The maximum Gasteiger partial charge on any atom is 0.342 e. The number of aromatic nitrogens is 2. The highest BCUT2D eigenvalue weighted by Gasteiger charge is 2.13. The van der Waals surface area contributed by atoms with E-state index in [2.05, 4.69) is 0 Å². The number of hydrogen-bond donors (Lipinski definition) is 2. The fourth-order valence-corrected chi connectivity index (χ4v) is 1.16. The predicted octanol–water partition coefficient (Wildman–Crippen LogP) is 0.206. The first-order chi connectivity index (χ1) is 6.97. The van der Waals surface area contributed by atoms with Crippen molar-refractivity contribution in [1.29, 1.82) is 0 Å². The molecule has 6 nitrogen and oxygen atoms in total. The van der Waals surface area contributed by atoms with Gasteiger partial charge in [-0.1, -0.05) is 6.92 Å². The number of carboxylic acid groups (broad SMARTS) is 1. The van der Waals surface area contributed by atoms with E-state index in [1.54, 1.807) is 6.92 Å². The van der Waals surface area contributed by atoms with E-state index >= 15 is 0 Å². The molecule has 0 amide bonds. The molecule has 0 radical (unpaired) electrons. The zero-order valence-corrected chi connectivity index (χ0v) is 8.48. The van der Waals surface area contributed by atoms with Gasteiger partial charge in [-0.2, -0.15) is 0 Å². The molecule has 0 aliphatic rings. The molecular formula is C9H12N2O4. The van der Waals surface area contributed by atoms with Crippen LogP contribution in [0.1, 0.15) is 36.7 Å². The Kier molecular flexibility index (Phi) is 3.08. The molecule has 1 rings (SSSR count). The van der Waals surface area contributed by atoms with Gasteiger partial charge < -0.3 is 5.11 Å². The molecular weight excluding hydrogens is 200 g/mol. The Morgan fingerprint density at radius 2 is 2.20 bits per heavy atom. The lowest BCUT2D eigenvalue weighted by Crippen LogP contribution is -2.34. The topological polar surface area (TPSA) is 92.2 Å². The molecule has 0 fully saturated rings. The van der Waals surface area contributed by atoms with Crippen LogP contribution in [0.25, 0.3) is 0 Å². The second-order valence-corrected chi connectivity index (χ2v) is 3.27. The molecule has 1 unspecified atom stereocenters. The molecule has 0 aliphatic carbocycles. The number of H-pyrrole nitrogens is 1. The zero-order chi connectivity index (χ0) is 11.6. The van der Waals surface area contributed by atoms with E-state index in [0.29, 0.717) is 6.42 Å². The average Bonchev–Trinajstić information content (AvgIpc) is 2.16. The van der Waals surface area contributed by atoms with Crippen molar-refractivity contribution in [2.45, 2.75) is 26.3 Å². The van der Waals surface area contributed by atoms with Crippen LogP contribution in [0.2, 0.25) is 0 Å². The van der Waals surface area contributed by atoms with E-state index in [1.807, 2.05) is 11.9 Å². The van der Waals surface area contributed by atoms with Crippen molar-refractivity contribution in [2.24, 2.45) is 0 Å². The maximum absolute atomic E-state index is 11.3. The summed E-state index contributed by atoms with van der Waals surface area (Å²) < 4.78 is 1.21. The van der Waals surface area contributed by atoms with Crippen LogP contribution in [0.5, 0.6) is 0 Å². The Labute approximate surface area is 85.2 Å². The van der Waals surface area contributed by atoms with E-state index in [9.17, 15) is 14.4 Å². The molecule has 0 spiro atoms. The second-order valence-electron chi connectivity index (χ2n) is 3.27. The van der Waals surface area contributed by atoms with Gasteiger partial charge in [0.15, 0.2) is 0 Å². The lowest BCUT2D eigenvalue weighted by molar-refractivity contribution is 0.0693. The lowest BCUT2D eigenvalue weighted by Gasteiger charge is -2.12. The third-order valence-corrected chi connectivity index (χ3v) is 2.26. The van der Waals surface area contributed by atoms with E-state index in [1.165, 1.54) is 4.57 Å². The van der Waals surface area contributed by atoms with Crippen LogP contribution in [-0.2, 0) is 0 Å². The molecule has 1 heterocycles. The van der Waals surface area contributed by atoms with E-state index < -0.39 is 22.8 Å². The van der Waals surface area contributed by atoms with Crippen LogP contribution in [0.4, 0.5) is 0 Å². The number of hydrogen-bond acceptors (Lipinski definition) is 3. The summed E-state index contributed by atoms with van der Waals surface area (Å²) >= 11 is 0. The first-order valence-corrected chi connectivity index (χ1v) is 4.56. The normalized spacial score (nSPS) is 12.4. The fourth-order valence-electron chi connectivity index (χ4n) is 1.16. The summed E-state index contributed by atoms with van der Waals surface area (Å²) in [6, 6.07) is -0.146. The summed E-state index contributed by atoms with van der Waals surface area (Å²) in [6.07, 6.45) is 1.75. The van der Waals surface area contributed by atoms with Gasteiger partial charge in [-0.05, 0) is 13.3 Å². The molecule has 1 atom stereocenters. The largest absolute Gasteiger partial charge is 0.477 e. The molecule has 2 N–H and O–H groups in total. The van der Waals surface area contributed by atoms with Crippen LogP contribution in [-0.4, -0.2) is 20.6 Å². The molecule has 1 aromatic heterocycles. The Bertz CT molecular complexity index is 486. The van der Waals surface area contributed by atoms with Crippen molar-refractivity contribution in [3.63, 3.8) is 0 Å². The van der Waals surface area contributed by atoms with Gasteiger partial charge in [0.05, 0.1) is 0 Å². The van der Waals surface area contributed by atoms with Crippen molar-refractivity contribution in [3.05, 3.63) is 32.6 Å². The Morgan fingerprint density at radius 3 is 2.67 bits per heavy atom. The highest BCUT2D eigenvalue weighted by molar-refractivity contribution is 5.86. The third-order valence-electron chi connectivity index (χ3n) is 2.26. The molecule has 0 bridgehead atoms. The van der Waals surface area contributed by atoms with Crippen molar-refractivity contribution >= 4 is 5.97 Å². The fraction of sp³-hybridized carbons (Fsp3) is 0.444. The van der Waals surface area contributed by atoms with E-state index in [0.717, 1.165) is 6.20 Å². The van der Waals surface area contributed by atoms with Gasteiger partial charge >= 0.3 is 11.7 Å². The van der Waals surface area contributed by atoms with Crippen molar-refractivity contribution in [3.8, 4) is 0 Å². The quantitative estimate of drug-likeness (QED) is 0.748. The molecule has 6 heteroatoms. The molecule has 0 saturated heterocycles. The summed E-state index contributed by atoms with van der Waals surface area (Å²) in [5.74, 6) is -1.34. The van der Waals surface area contributed by atoms with E-state index in [4.69, 9.17) is 5.11 Å². The van der Waals surface area contributed by atoms with Gasteiger partial charge in [-0.3, -0.25) is 14.3 Å². The van der Waals surface area contributed by atoms with Crippen LogP contribution in [0, 0.1) is 0 Å². The van der Waals surface area contributed by atoms with Gasteiger partial charge in [0.1, 0.15) is 5.56 Å². The van der Waals surface area contributed by atoms with Crippen molar-refractivity contribution in [1.82, 2.24) is 9.55 Å². The highest BCUT2D eigenvalue weighted by atomic mass is 16.4. The lowest BCUT2D eigenvalue weighted by atomic mass is 10.2. The minimum Gasteiger partial charge on any atom is -0.477 e. The summed E-state index contributed by atoms with van der Waals surface area (Å²) in [5.41, 5.74) is -1.87. The van der Waals surface area contributed by atoms with Crippen LogP contribution in [0.15, 0.2) is 15.8 Å². The summed E-state index contributed by atoms with van der Waals surface area (Å²) in [4.78, 5) is 35.1. The summed E-state index contributed by atoms with van der Waals surface area (Å²) in [5, 5.41) is 8.70. The van der Waals surface area contributed by atoms with Gasteiger partial charge in [-0.25, -0.2) is 9.59 Å². The van der Waals surface area contributed by atoms with Gasteiger partial charge in [0.2, 0.25) is 0 Å². The highest BCUT2D eigenvalue weighted by Crippen LogP contribution is 2.05. The van der Waals surface area contributed by atoms with Gasteiger partial charge in [-0.15, -0.1) is 0 Å². The minimum atomic E-state index is -1.34. The monoisotopic (exact) mass is 212 g/mol. The minimum absolute atomic E-state index is 0.146. The average molecular weight is 212 g/mol. The van der Waals surface area contributed by atoms with Gasteiger partial charge in [0, 0.05) is 12.2 Å². The molecule has 0 aliphatic heterocycles. The SMILES string of the molecule is CCC(C)n1cc(C(=O)O)c(=O)[nH]c1=O. The van der Waals surface area contributed by atoms with Crippen LogP contribution >= 0.6 is 0 Å². The molecule has 1 aromatic rings. The molecule has 0 saturated carbocycles. The number of rotatable bonds is 3. The van der Waals surface area contributed by atoms with Crippen molar-refractivity contribution < 1.29 is 9.90 Å². The number of carboxylic acids is 1. The van der Waals surface area contributed by atoms with Crippen LogP contribution < -0.4 is 11.2 Å². The smallest absolute Gasteiger partial charge is 0.342 e. The third kappa shape index (κ3) is 2.15. The standard InChI is InChI=1S/C9H12N2O4/c1-3-5(2)11-4-6(8(13)14)7(12)10-9(11)15/h4-5H,3H2,1-2H3,(H,13,14)(H,10,12,15). The number of nitrogens with one attached hydrogen (secondary N) is 1. The Morgan fingerprint density at radius 1 is 1.60 bits per heavy atom. The number of aromatic carboxylic acids is 1. The second kappa shape index (κ2) is 4.12. The van der Waals surface area contributed by atoms with Crippen molar-refractivity contribution in [2.75, 3.05) is 0 Å². The first kappa shape index (κ1) is 11.2. The summed E-state index contributed by atoms with van der Waals surface area (Å²) in [6.45, 7) is 3.63. The number of nitrogens with zero attached hydrogens (tertiary/aromatic N) is 1. The van der Waals surface area contributed by atoms with Crippen LogP contribution in [0.3, 0.4) is 0 Å².